The van der Waals surface area contributed by atoms with Crippen molar-refractivity contribution in [3.63, 3.8) is 0 Å². The molecule has 37 heavy (non-hydrogen) atoms. The number of halogens is 10. The fraction of sp³-hybridized carbons (Fsp3) is 0.348. The van der Waals surface area contributed by atoms with E-state index in [4.69, 9.17) is 11.6 Å². The molecule has 2 aromatic rings. The maximum atomic E-state index is 14.2. The summed E-state index contributed by atoms with van der Waals surface area (Å²) in [6.45, 7) is 0.0500. The van der Waals surface area contributed by atoms with Crippen molar-refractivity contribution < 1.29 is 49.1 Å². The number of nitrogens with one attached hydrogen (secondary N) is 2. The standard InChI is InChI=1S/C23H16ClF9N2O2/c24-17-5-12(3-4-13(17)10-34-19(36)11-1-2-11)18-9-20(37-35-18,23(31,32)33)14-6-15(21(25,26)27)8-16(7-14)22(28,29)30/h3-9,11,35H,1-2,10H2,(H,34,36). The van der Waals surface area contributed by atoms with Crippen molar-refractivity contribution in [2.24, 2.45) is 5.92 Å². The summed E-state index contributed by atoms with van der Waals surface area (Å²) in [6.07, 6.45) is -14.3. The van der Waals surface area contributed by atoms with Crippen LogP contribution < -0.4 is 10.8 Å². The largest absolute Gasteiger partial charge is 0.428 e. The van der Waals surface area contributed by atoms with E-state index in [9.17, 15) is 44.3 Å². The van der Waals surface area contributed by atoms with Gasteiger partial charge in [-0.1, -0.05) is 23.7 Å². The molecule has 2 aliphatic rings. The van der Waals surface area contributed by atoms with Crippen LogP contribution in [0.1, 0.15) is 40.7 Å². The summed E-state index contributed by atoms with van der Waals surface area (Å²) in [6, 6.07) is 3.59. The minimum Gasteiger partial charge on any atom is -0.352 e. The lowest BCUT2D eigenvalue weighted by molar-refractivity contribution is -0.269. The van der Waals surface area contributed by atoms with Crippen molar-refractivity contribution >= 4 is 23.2 Å². The van der Waals surface area contributed by atoms with Crippen molar-refractivity contribution in [1.82, 2.24) is 10.8 Å². The van der Waals surface area contributed by atoms with Gasteiger partial charge in [0.1, 0.15) is 0 Å². The van der Waals surface area contributed by atoms with E-state index in [1.807, 2.05) is 5.48 Å². The number of carbonyl (C=O) groups excluding carboxylic acids is 1. The molecule has 4 rings (SSSR count). The molecule has 14 heteroatoms. The Kier molecular flexibility index (Phi) is 6.68. The SMILES string of the molecule is O=C(NCc1ccc(C2=CC(c3cc(C(F)(F)F)cc(C(F)(F)F)c3)(C(F)(F)F)ON2)cc1Cl)C1CC1. The van der Waals surface area contributed by atoms with Gasteiger partial charge < -0.3 is 5.32 Å². The smallest absolute Gasteiger partial charge is 0.352 e. The number of amides is 1. The van der Waals surface area contributed by atoms with Gasteiger partial charge in [0.2, 0.25) is 11.5 Å². The van der Waals surface area contributed by atoms with Gasteiger partial charge in [0.05, 0.1) is 16.8 Å². The van der Waals surface area contributed by atoms with Gasteiger partial charge in [-0.3, -0.25) is 15.1 Å². The zero-order valence-electron chi connectivity index (χ0n) is 18.3. The minimum absolute atomic E-state index is 0.0106. The monoisotopic (exact) mass is 558 g/mol. The Hall–Kier alpha value is -2.93. The number of alkyl halides is 9. The highest BCUT2D eigenvalue weighted by Crippen LogP contribution is 2.49. The maximum absolute atomic E-state index is 14.2. The lowest BCUT2D eigenvalue weighted by atomic mass is 9.88. The first-order valence-electron chi connectivity index (χ1n) is 10.6. The van der Waals surface area contributed by atoms with Gasteiger partial charge in [-0.15, -0.1) is 0 Å². The van der Waals surface area contributed by atoms with E-state index in [1.165, 1.54) is 18.2 Å². The summed E-state index contributed by atoms with van der Waals surface area (Å²) in [7, 11) is 0. The lowest BCUT2D eigenvalue weighted by Crippen LogP contribution is -2.43. The van der Waals surface area contributed by atoms with Crippen molar-refractivity contribution in [3.05, 3.63) is 75.3 Å². The third-order valence-corrected chi connectivity index (χ3v) is 6.22. The van der Waals surface area contributed by atoms with E-state index in [-0.39, 0.29) is 47.2 Å². The molecule has 1 fully saturated rings. The molecular formula is C23H16ClF9N2O2. The average Bonchev–Trinajstić information content (AvgIpc) is 3.53. The summed E-state index contributed by atoms with van der Waals surface area (Å²) in [5, 5.41) is 2.72. The van der Waals surface area contributed by atoms with E-state index in [0.717, 1.165) is 12.8 Å². The molecule has 1 aliphatic heterocycles. The third-order valence-electron chi connectivity index (χ3n) is 5.87. The Balaban J connectivity index is 1.73. The minimum atomic E-state index is -5.47. The molecule has 0 radical (unpaired) electrons. The molecule has 2 aromatic carbocycles. The normalized spacial score (nSPS) is 20.4. The van der Waals surface area contributed by atoms with Crippen LogP contribution in [0.2, 0.25) is 5.02 Å². The number of carbonyl (C=O) groups is 1. The fourth-order valence-electron chi connectivity index (χ4n) is 3.69. The van der Waals surface area contributed by atoms with E-state index in [1.54, 1.807) is 0 Å². The van der Waals surface area contributed by atoms with Gasteiger partial charge >= 0.3 is 18.5 Å². The van der Waals surface area contributed by atoms with Gasteiger partial charge in [0, 0.05) is 28.6 Å². The van der Waals surface area contributed by atoms with Crippen molar-refractivity contribution in [1.29, 1.82) is 0 Å². The fourth-order valence-corrected chi connectivity index (χ4v) is 3.93. The number of hydroxylamine groups is 1. The van der Waals surface area contributed by atoms with E-state index >= 15 is 0 Å². The molecule has 0 aromatic heterocycles. The van der Waals surface area contributed by atoms with E-state index < -0.39 is 46.5 Å². The van der Waals surface area contributed by atoms with Crippen LogP contribution in [-0.4, -0.2) is 12.1 Å². The second kappa shape index (κ2) is 9.12. The highest BCUT2D eigenvalue weighted by atomic mass is 35.5. The molecule has 0 bridgehead atoms. The predicted octanol–water partition coefficient (Wildman–Crippen LogP) is 6.74. The first-order valence-corrected chi connectivity index (χ1v) is 11.0. The van der Waals surface area contributed by atoms with Crippen LogP contribution in [0.25, 0.3) is 5.70 Å². The average molecular weight is 559 g/mol. The van der Waals surface area contributed by atoms with Crippen molar-refractivity contribution in [2.75, 3.05) is 0 Å². The summed E-state index contributed by atoms with van der Waals surface area (Å²) in [5.74, 6) is -0.227. The maximum Gasteiger partial charge on any atom is 0.428 e. The Morgan fingerprint density at radius 1 is 0.973 bits per heavy atom. The zero-order chi connectivity index (χ0) is 27.4. The number of hydrogen-bond donors (Lipinski definition) is 2. The molecule has 1 saturated carbocycles. The molecule has 4 nitrogen and oxygen atoms in total. The van der Waals surface area contributed by atoms with E-state index in [2.05, 4.69) is 10.2 Å². The number of rotatable bonds is 5. The molecule has 2 N–H and O–H groups in total. The summed E-state index contributed by atoms with van der Waals surface area (Å²) in [5.41, 5.74) is -6.93. The lowest BCUT2D eigenvalue weighted by Gasteiger charge is -2.29. The second-order valence-electron chi connectivity index (χ2n) is 8.59. The quantitative estimate of drug-likeness (QED) is 0.400. The first kappa shape index (κ1) is 27.1. The Bertz CT molecular complexity index is 1220. The molecule has 1 unspecified atom stereocenters. The third kappa shape index (κ3) is 5.52. The summed E-state index contributed by atoms with van der Waals surface area (Å²) >= 11 is 6.19. The Labute approximate surface area is 208 Å². The van der Waals surface area contributed by atoms with E-state index in [0.29, 0.717) is 11.6 Å². The van der Waals surface area contributed by atoms with Crippen LogP contribution in [0, 0.1) is 5.92 Å². The van der Waals surface area contributed by atoms with Crippen LogP contribution >= 0.6 is 11.6 Å². The Morgan fingerprint density at radius 2 is 1.57 bits per heavy atom. The molecule has 0 spiro atoms. The van der Waals surface area contributed by atoms with Crippen molar-refractivity contribution in [3.8, 4) is 0 Å². The number of benzene rings is 2. The molecule has 1 aliphatic carbocycles. The highest BCUT2D eigenvalue weighted by Gasteiger charge is 2.60. The van der Waals surface area contributed by atoms with Crippen LogP contribution in [0.3, 0.4) is 0 Å². The van der Waals surface area contributed by atoms with Gasteiger partial charge in [0.15, 0.2) is 0 Å². The molecule has 200 valence electrons. The van der Waals surface area contributed by atoms with Crippen LogP contribution in [0.4, 0.5) is 39.5 Å². The summed E-state index contributed by atoms with van der Waals surface area (Å²) in [4.78, 5) is 16.5. The summed E-state index contributed by atoms with van der Waals surface area (Å²) < 4.78 is 122. The van der Waals surface area contributed by atoms with Gasteiger partial charge in [-0.2, -0.15) is 39.5 Å². The van der Waals surface area contributed by atoms with Crippen LogP contribution in [0.5, 0.6) is 0 Å². The van der Waals surface area contributed by atoms with Gasteiger partial charge in [-0.05, 0) is 48.7 Å². The molecular weight excluding hydrogens is 543 g/mol. The van der Waals surface area contributed by atoms with Crippen molar-refractivity contribution in [2.45, 2.75) is 43.5 Å². The molecule has 1 atom stereocenters. The number of hydrogen-bond acceptors (Lipinski definition) is 3. The topological polar surface area (TPSA) is 50.4 Å². The highest BCUT2D eigenvalue weighted by molar-refractivity contribution is 6.31. The first-order chi connectivity index (χ1) is 17.0. The van der Waals surface area contributed by atoms with Crippen LogP contribution in [0.15, 0.2) is 42.5 Å². The predicted molar refractivity (Wildman–Crippen MR) is 112 cm³/mol. The molecule has 1 amide bonds. The zero-order valence-corrected chi connectivity index (χ0v) is 19.1. The van der Waals surface area contributed by atoms with Gasteiger partial charge in [0.25, 0.3) is 0 Å². The van der Waals surface area contributed by atoms with Crippen LogP contribution in [-0.2, 0) is 34.1 Å². The van der Waals surface area contributed by atoms with Gasteiger partial charge in [-0.25, -0.2) is 0 Å². The second-order valence-corrected chi connectivity index (χ2v) is 9.00. The molecule has 0 saturated heterocycles. The Morgan fingerprint density at radius 3 is 2.05 bits per heavy atom. The molecule has 1 heterocycles.